The molecule has 0 bridgehead atoms. The van der Waals surface area contributed by atoms with Crippen LogP contribution in [0.15, 0.2) is 30.3 Å². The molecule has 0 spiro atoms. The van der Waals surface area contributed by atoms with Gasteiger partial charge in [-0.2, -0.15) is 0 Å². The molecule has 0 heterocycles. The van der Waals surface area contributed by atoms with Crippen molar-refractivity contribution in [1.29, 1.82) is 0 Å². The Kier molecular flexibility index (Phi) is 3.39. The van der Waals surface area contributed by atoms with E-state index in [2.05, 4.69) is 6.92 Å². The molecule has 2 nitrogen and oxygen atoms in total. The van der Waals surface area contributed by atoms with Crippen molar-refractivity contribution >= 4 is 5.78 Å². The fraction of sp³-hybridized carbons (Fsp3) is 0.500. The van der Waals surface area contributed by atoms with E-state index in [1.807, 2.05) is 30.3 Å². The maximum Gasteiger partial charge on any atom is 0.139 e. The first kappa shape index (κ1) is 11.3. The summed E-state index contributed by atoms with van der Waals surface area (Å²) in [7, 11) is 0. The summed E-state index contributed by atoms with van der Waals surface area (Å²) in [5.41, 5.74) is 0.862. The highest BCUT2D eigenvalue weighted by Gasteiger charge is 2.38. The van der Waals surface area contributed by atoms with Gasteiger partial charge in [-0.3, -0.25) is 4.79 Å². The molecule has 86 valence electrons. The SMILES string of the molecule is CC[C@@H]1CCC(=O)C1C(O)c1ccccc1. The molecule has 1 fully saturated rings. The van der Waals surface area contributed by atoms with Gasteiger partial charge >= 0.3 is 0 Å². The summed E-state index contributed by atoms with van der Waals surface area (Å²) in [6.45, 7) is 2.09. The van der Waals surface area contributed by atoms with Crippen molar-refractivity contribution in [2.45, 2.75) is 32.3 Å². The summed E-state index contributed by atoms with van der Waals surface area (Å²) < 4.78 is 0. The van der Waals surface area contributed by atoms with Crippen LogP contribution >= 0.6 is 0 Å². The predicted octanol–water partition coefficient (Wildman–Crippen LogP) is 2.73. The monoisotopic (exact) mass is 218 g/mol. The molecule has 16 heavy (non-hydrogen) atoms. The van der Waals surface area contributed by atoms with E-state index in [-0.39, 0.29) is 11.7 Å². The Morgan fingerprint density at radius 1 is 1.38 bits per heavy atom. The van der Waals surface area contributed by atoms with E-state index in [1.54, 1.807) is 0 Å². The minimum Gasteiger partial charge on any atom is -0.388 e. The third-order valence-corrected chi connectivity index (χ3v) is 3.65. The Morgan fingerprint density at radius 2 is 2.06 bits per heavy atom. The van der Waals surface area contributed by atoms with Crippen molar-refractivity contribution in [3.63, 3.8) is 0 Å². The van der Waals surface area contributed by atoms with Crippen LogP contribution < -0.4 is 0 Å². The first-order valence-corrected chi connectivity index (χ1v) is 5.99. The van der Waals surface area contributed by atoms with E-state index in [0.717, 1.165) is 18.4 Å². The van der Waals surface area contributed by atoms with Crippen molar-refractivity contribution in [2.75, 3.05) is 0 Å². The minimum atomic E-state index is -0.624. The molecule has 0 radical (unpaired) electrons. The Hall–Kier alpha value is -1.15. The van der Waals surface area contributed by atoms with Crippen molar-refractivity contribution in [3.8, 4) is 0 Å². The van der Waals surface area contributed by atoms with Crippen LogP contribution in [0.1, 0.15) is 37.9 Å². The minimum absolute atomic E-state index is 0.188. The first-order chi connectivity index (χ1) is 7.74. The zero-order valence-corrected chi connectivity index (χ0v) is 9.60. The van der Waals surface area contributed by atoms with Gasteiger partial charge in [0.1, 0.15) is 5.78 Å². The number of benzene rings is 1. The van der Waals surface area contributed by atoms with E-state index >= 15 is 0 Å². The van der Waals surface area contributed by atoms with Gasteiger partial charge in [0.05, 0.1) is 12.0 Å². The molecule has 3 atom stereocenters. The predicted molar refractivity (Wildman–Crippen MR) is 62.9 cm³/mol. The second-order valence-electron chi connectivity index (χ2n) is 4.55. The van der Waals surface area contributed by atoms with E-state index in [4.69, 9.17) is 0 Å². The number of carbonyl (C=O) groups excluding carboxylic acids is 1. The van der Waals surface area contributed by atoms with Crippen LogP contribution in [0.4, 0.5) is 0 Å². The average molecular weight is 218 g/mol. The first-order valence-electron chi connectivity index (χ1n) is 5.99. The number of hydrogen-bond donors (Lipinski definition) is 1. The molecule has 1 aromatic carbocycles. The average Bonchev–Trinajstić information content (AvgIpc) is 2.70. The zero-order valence-electron chi connectivity index (χ0n) is 9.60. The van der Waals surface area contributed by atoms with Crippen LogP contribution in [0.3, 0.4) is 0 Å². The second-order valence-corrected chi connectivity index (χ2v) is 4.55. The summed E-state index contributed by atoms with van der Waals surface area (Å²) in [6, 6.07) is 9.51. The summed E-state index contributed by atoms with van der Waals surface area (Å²) in [5, 5.41) is 10.3. The Labute approximate surface area is 96.3 Å². The molecule has 1 aromatic rings. The summed E-state index contributed by atoms with van der Waals surface area (Å²) >= 11 is 0. The van der Waals surface area contributed by atoms with Crippen LogP contribution in [0.5, 0.6) is 0 Å². The fourth-order valence-electron chi connectivity index (χ4n) is 2.69. The molecule has 2 unspecified atom stereocenters. The van der Waals surface area contributed by atoms with Gasteiger partial charge in [-0.25, -0.2) is 0 Å². The lowest BCUT2D eigenvalue weighted by Gasteiger charge is -2.22. The molecule has 1 saturated carbocycles. The number of carbonyl (C=O) groups is 1. The standard InChI is InChI=1S/C14H18O2/c1-2-10-8-9-12(15)13(10)14(16)11-6-4-3-5-7-11/h3-7,10,13-14,16H,2,8-9H2,1H3/t10-,13?,14?/m1/s1. The lowest BCUT2D eigenvalue weighted by atomic mass is 9.85. The van der Waals surface area contributed by atoms with Crippen LogP contribution in [0, 0.1) is 11.8 Å². The number of Topliss-reactive ketones (excluding diaryl/α,β-unsaturated/α-hetero) is 1. The molecule has 1 aliphatic carbocycles. The van der Waals surface area contributed by atoms with E-state index in [1.165, 1.54) is 0 Å². The smallest absolute Gasteiger partial charge is 0.139 e. The summed E-state index contributed by atoms with van der Waals surface area (Å²) in [4.78, 5) is 11.8. The molecule has 0 aromatic heterocycles. The third-order valence-electron chi connectivity index (χ3n) is 3.65. The van der Waals surface area contributed by atoms with Crippen molar-refractivity contribution < 1.29 is 9.90 Å². The molecular formula is C14H18O2. The normalized spacial score (nSPS) is 27.0. The Bertz CT molecular complexity index is 358. The lowest BCUT2D eigenvalue weighted by molar-refractivity contribution is -0.124. The maximum atomic E-state index is 11.8. The molecule has 0 aliphatic heterocycles. The molecule has 2 heteroatoms. The van der Waals surface area contributed by atoms with Crippen LogP contribution in [0.2, 0.25) is 0 Å². The largest absolute Gasteiger partial charge is 0.388 e. The lowest BCUT2D eigenvalue weighted by Crippen LogP contribution is -2.22. The van der Waals surface area contributed by atoms with Crippen LogP contribution in [-0.2, 0) is 4.79 Å². The van der Waals surface area contributed by atoms with Crippen LogP contribution in [0.25, 0.3) is 0 Å². The number of aliphatic hydroxyl groups is 1. The highest BCUT2D eigenvalue weighted by atomic mass is 16.3. The maximum absolute atomic E-state index is 11.8. The molecule has 1 N–H and O–H groups in total. The van der Waals surface area contributed by atoms with Gasteiger partial charge in [-0.05, 0) is 17.9 Å². The second kappa shape index (κ2) is 4.79. The summed E-state index contributed by atoms with van der Waals surface area (Å²) in [6.07, 6.45) is 1.92. The van der Waals surface area contributed by atoms with Gasteiger partial charge in [0.25, 0.3) is 0 Å². The van der Waals surface area contributed by atoms with Crippen molar-refractivity contribution in [2.24, 2.45) is 11.8 Å². The molecule has 0 amide bonds. The number of ketones is 1. The van der Waals surface area contributed by atoms with Gasteiger partial charge in [0.15, 0.2) is 0 Å². The Morgan fingerprint density at radius 3 is 2.69 bits per heavy atom. The molecule has 1 aliphatic rings. The third kappa shape index (κ3) is 2.03. The van der Waals surface area contributed by atoms with Gasteiger partial charge < -0.3 is 5.11 Å². The number of aliphatic hydroxyl groups excluding tert-OH is 1. The molecule has 0 saturated heterocycles. The van der Waals surface area contributed by atoms with Gasteiger partial charge in [-0.1, -0.05) is 43.7 Å². The zero-order chi connectivity index (χ0) is 11.5. The highest BCUT2D eigenvalue weighted by molar-refractivity contribution is 5.84. The molecular weight excluding hydrogens is 200 g/mol. The molecule has 2 rings (SSSR count). The van der Waals surface area contributed by atoms with Gasteiger partial charge in [-0.15, -0.1) is 0 Å². The van der Waals surface area contributed by atoms with Crippen LogP contribution in [-0.4, -0.2) is 10.9 Å². The van der Waals surface area contributed by atoms with Crippen molar-refractivity contribution in [3.05, 3.63) is 35.9 Å². The Balaban J connectivity index is 2.20. The van der Waals surface area contributed by atoms with Crippen molar-refractivity contribution in [1.82, 2.24) is 0 Å². The van der Waals surface area contributed by atoms with Gasteiger partial charge in [0.2, 0.25) is 0 Å². The van der Waals surface area contributed by atoms with E-state index in [9.17, 15) is 9.90 Å². The number of rotatable bonds is 3. The highest BCUT2D eigenvalue weighted by Crippen LogP contribution is 2.39. The van der Waals surface area contributed by atoms with E-state index < -0.39 is 6.10 Å². The van der Waals surface area contributed by atoms with Gasteiger partial charge in [0, 0.05) is 6.42 Å². The number of hydrogen-bond acceptors (Lipinski definition) is 2. The van der Waals surface area contributed by atoms with E-state index in [0.29, 0.717) is 12.3 Å². The topological polar surface area (TPSA) is 37.3 Å². The fourth-order valence-corrected chi connectivity index (χ4v) is 2.69. The quantitative estimate of drug-likeness (QED) is 0.847. The summed E-state index contributed by atoms with van der Waals surface area (Å²) in [5.74, 6) is 0.387.